The molecule has 222 valence electrons. The van der Waals surface area contributed by atoms with Gasteiger partial charge in [0.15, 0.2) is 5.78 Å². The molecule has 0 saturated carbocycles. The summed E-state index contributed by atoms with van der Waals surface area (Å²) in [5.41, 5.74) is 1.99. The summed E-state index contributed by atoms with van der Waals surface area (Å²) in [6, 6.07) is 12.3. The van der Waals surface area contributed by atoms with E-state index in [1.807, 2.05) is 12.1 Å². The van der Waals surface area contributed by atoms with E-state index >= 15 is 0 Å². The highest BCUT2D eigenvalue weighted by Crippen LogP contribution is 2.32. The molecule has 0 amide bonds. The van der Waals surface area contributed by atoms with E-state index in [9.17, 15) is 13.2 Å². The van der Waals surface area contributed by atoms with Gasteiger partial charge in [0, 0.05) is 29.6 Å². The number of anilines is 1. The number of carbonyl (C=O) groups is 1. The van der Waals surface area contributed by atoms with Crippen molar-refractivity contribution in [3.8, 4) is 5.75 Å². The number of hydrogen-bond acceptors (Lipinski definition) is 6. The molecule has 0 unspecified atom stereocenters. The SMILES string of the molecule is Br.CCCCc1oc2ccc(NS(C)(=O)=O)cc2c1C(=O)c1ccc(OCCCN(CCCC)CCCC)cc1. The van der Waals surface area contributed by atoms with Crippen molar-refractivity contribution in [1.29, 1.82) is 0 Å². The van der Waals surface area contributed by atoms with Gasteiger partial charge in [0.25, 0.3) is 0 Å². The number of unbranched alkanes of at least 4 members (excludes halogenated alkanes) is 3. The number of benzene rings is 2. The van der Waals surface area contributed by atoms with Crippen molar-refractivity contribution in [2.24, 2.45) is 0 Å². The molecule has 0 spiro atoms. The lowest BCUT2D eigenvalue weighted by Gasteiger charge is -2.21. The van der Waals surface area contributed by atoms with Crippen LogP contribution < -0.4 is 9.46 Å². The zero-order valence-electron chi connectivity index (χ0n) is 24.3. The topological polar surface area (TPSA) is 88.8 Å². The average Bonchev–Trinajstić information content (AvgIpc) is 3.27. The molecule has 1 N–H and O–H groups in total. The standard InChI is InChI=1S/C31H44N2O5S.BrH/c1-5-8-12-29-30(27-23-25(32-39(4,35)36)15-18-28(27)38-29)31(34)24-13-16-26(17-14-24)37-22-11-21-33(19-9-6-2)20-10-7-3;/h13-18,23,32H,5-12,19-22H2,1-4H3;1H. The van der Waals surface area contributed by atoms with Crippen LogP contribution in [-0.2, 0) is 16.4 Å². The van der Waals surface area contributed by atoms with Crippen molar-refractivity contribution in [3.63, 3.8) is 0 Å². The Kier molecular flexibility index (Phi) is 14.2. The summed E-state index contributed by atoms with van der Waals surface area (Å²) in [6.45, 7) is 10.5. The molecule has 0 fully saturated rings. The van der Waals surface area contributed by atoms with E-state index < -0.39 is 10.0 Å². The minimum absolute atomic E-state index is 0. The Morgan fingerprint density at radius 3 is 2.12 bits per heavy atom. The number of aryl methyl sites for hydroxylation is 1. The van der Waals surface area contributed by atoms with Gasteiger partial charge in [-0.05, 0) is 81.2 Å². The largest absolute Gasteiger partial charge is 0.494 e. The van der Waals surface area contributed by atoms with Gasteiger partial charge in [0.1, 0.15) is 17.1 Å². The lowest BCUT2D eigenvalue weighted by atomic mass is 9.98. The van der Waals surface area contributed by atoms with E-state index in [1.54, 1.807) is 30.3 Å². The number of ether oxygens (including phenoxy) is 1. The minimum atomic E-state index is -3.45. The summed E-state index contributed by atoms with van der Waals surface area (Å²) in [5.74, 6) is 1.22. The number of nitrogens with one attached hydrogen (secondary N) is 1. The maximum Gasteiger partial charge on any atom is 0.229 e. The molecule has 1 aromatic heterocycles. The zero-order chi connectivity index (χ0) is 28.3. The van der Waals surface area contributed by atoms with Crippen LogP contribution in [0.4, 0.5) is 5.69 Å². The normalized spacial score (nSPS) is 11.5. The first-order valence-electron chi connectivity index (χ1n) is 14.3. The van der Waals surface area contributed by atoms with E-state index in [0.717, 1.165) is 50.9 Å². The lowest BCUT2D eigenvalue weighted by molar-refractivity contribution is 0.103. The van der Waals surface area contributed by atoms with Gasteiger partial charge in [-0.1, -0.05) is 40.0 Å². The average molecular weight is 638 g/mol. The van der Waals surface area contributed by atoms with Gasteiger partial charge >= 0.3 is 0 Å². The van der Waals surface area contributed by atoms with Gasteiger partial charge < -0.3 is 14.1 Å². The number of halogens is 1. The van der Waals surface area contributed by atoms with Crippen LogP contribution in [0.5, 0.6) is 5.75 Å². The van der Waals surface area contributed by atoms with Crippen LogP contribution in [0.25, 0.3) is 11.0 Å². The van der Waals surface area contributed by atoms with Crippen LogP contribution in [0.15, 0.2) is 46.9 Å². The van der Waals surface area contributed by atoms with Crippen molar-refractivity contribution in [2.75, 3.05) is 37.2 Å². The van der Waals surface area contributed by atoms with E-state index in [2.05, 4.69) is 30.4 Å². The minimum Gasteiger partial charge on any atom is -0.494 e. The first-order valence-corrected chi connectivity index (χ1v) is 16.2. The molecule has 0 aliphatic heterocycles. The third-order valence-electron chi connectivity index (χ3n) is 6.71. The fourth-order valence-electron chi connectivity index (χ4n) is 4.61. The molecule has 0 saturated heterocycles. The van der Waals surface area contributed by atoms with Gasteiger partial charge in [-0.25, -0.2) is 8.42 Å². The second-order valence-electron chi connectivity index (χ2n) is 10.2. The van der Waals surface area contributed by atoms with Crippen LogP contribution >= 0.6 is 17.0 Å². The second-order valence-corrected chi connectivity index (χ2v) is 11.9. The molecule has 2 aromatic carbocycles. The smallest absolute Gasteiger partial charge is 0.229 e. The Morgan fingerprint density at radius 1 is 0.900 bits per heavy atom. The highest BCUT2D eigenvalue weighted by atomic mass is 79.9. The predicted octanol–water partition coefficient (Wildman–Crippen LogP) is 7.63. The first kappa shape index (κ1) is 33.8. The molecule has 0 aliphatic rings. The van der Waals surface area contributed by atoms with Crippen LogP contribution in [-0.4, -0.2) is 51.6 Å². The third-order valence-corrected chi connectivity index (χ3v) is 7.31. The molecule has 0 bridgehead atoms. The van der Waals surface area contributed by atoms with Gasteiger partial charge in [-0.15, -0.1) is 17.0 Å². The Labute approximate surface area is 250 Å². The molecule has 3 aromatic rings. The number of nitrogens with zero attached hydrogens (tertiary/aromatic N) is 1. The van der Waals surface area contributed by atoms with E-state index in [0.29, 0.717) is 46.6 Å². The quantitative estimate of drug-likeness (QED) is 0.114. The Balaban J connectivity index is 0.00000560. The predicted molar refractivity (Wildman–Crippen MR) is 170 cm³/mol. The van der Waals surface area contributed by atoms with Crippen molar-refractivity contribution in [1.82, 2.24) is 4.90 Å². The molecular formula is C31H45BrN2O5S. The molecule has 0 radical (unpaired) electrons. The van der Waals surface area contributed by atoms with Crippen molar-refractivity contribution in [3.05, 3.63) is 59.4 Å². The highest BCUT2D eigenvalue weighted by Gasteiger charge is 2.22. The Bertz CT molecular complexity index is 1300. The summed E-state index contributed by atoms with van der Waals surface area (Å²) in [5, 5.41) is 0.607. The van der Waals surface area contributed by atoms with Crippen LogP contribution in [0.2, 0.25) is 0 Å². The summed E-state index contributed by atoms with van der Waals surface area (Å²) in [7, 11) is -3.45. The van der Waals surface area contributed by atoms with Crippen molar-refractivity contribution in [2.45, 2.75) is 72.1 Å². The number of fused-ring (bicyclic) bond motifs is 1. The maximum atomic E-state index is 13.7. The van der Waals surface area contributed by atoms with Crippen LogP contribution in [0, 0.1) is 0 Å². The van der Waals surface area contributed by atoms with Gasteiger partial charge in [-0.2, -0.15) is 0 Å². The maximum absolute atomic E-state index is 13.7. The molecule has 40 heavy (non-hydrogen) atoms. The fourth-order valence-corrected chi connectivity index (χ4v) is 5.17. The molecule has 7 nitrogen and oxygen atoms in total. The highest BCUT2D eigenvalue weighted by molar-refractivity contribution is 8.93. The number of sulfonamides is 1. The monoisotopic (exact) mass is 636 g/mol. The number of furan rings is 1. The second kappa shape index (κ2) is 16.8. The number of carbonyl (C=O) groups excluding carboxylic acids is 1. The van der Waals surface area contributed by atoms with Crippen LogP contribution in [0.1, 0.15) is 87.4 Å². The summed E-state index contributed by atoms with van der Waals surface area (Å²) >= 11 is 0. The molecule has 1 heterocycles. The molecule has 0 aliphatic carbocycles. The van der Waals surface area contributed by atoms with E-state index in [-0.39, 0.29) is 22.8 Å². The summed E-state index contributed by atoms with van der Waals surface area (Å²) in [6.07, 6.45) is 9.40. The van der Waals surface area contributed by atoms with E-state index in [4.69, 9.17) is 9.15 Å². The Morgan fingerprint density at radius 2 is 1.52 bits per heavy atom. The molecular weight excluding hydrogens is 592 g/mol. The third kappa shape index (κ3) is 10.2. The van der Waals surface area contributed by atoms with Crippen molar-refractivity contribution < 1.29 is 22.4 Å². The fraction of sp³-hybridized carbons (Fsp3) is 0.516. The number of rotatable bonds is 18. The summed E-state index contributed by atoms with van der Waals surface area (Å²) < 4.78 is 38.0. The Hall–Kier alpha value is -2.36. The van der Waals surface area contributed by atoms with E-state index in [1.165, 1.54) is 25.7 Å². The molecule has 9 heteroatoms. The first-order chi connectivity index (χ1) is 18.8. The van der Waals surface area contributed by atoms with Gasteiger partial charge in [0.05, 0.1) is 18.4 Å². The summed E-state index contributed by atoms with van der Waals surface area (Å²) in [4.78, 5) is 16.2. The molecule has 3 rings (SSSR count). The zero-order valence-corrected chi connectivity index (χ0v) is 26.9. The lowest BCUT2D eigenvalue weighted by Crippen LogP contribution is -2.28. The van der Waals surface area contributed by atoms with Gasteiger partial charge in [0.2, 0.25) is 10.0 Å². The number of hydrogen-bond donors (Lipinski definition) is 1. The number of ketones is 1. The van der Waals surface area contributed by atoms with Crippen LogP contribution in [0.3, 0.4) is 0 Å². The molecule has 0 atom stereocenters. The van der Waals surface area contributed by atoms with Gasteiger partial charge in [-0.3, -0.25) is 9.52 Å². The van der Waals surface area contributed by atoms with Crippen molar-refractivity contribution >= 4 is 49.4 Å².